The Hall–Kier alpha value is -2.96. The van der Waals surface area contributed by atoms with E-state index in [0.29, 0.717) is 11.2 Å². The SMILES string of the molecule is N=C1CCc2cc(C=CCc3cnc(Nc4ccc(SC5CCNCC5)cc4)nc3)ccc21. The van der Waals surface area contributed by atoms with Crippen LogP contribution in [0.4, 0.5) is 11.6 Å². The molecule has 0 bridgehead atoms. The van der Waals surface area contributed by atoms with Gasteiger partial charge in [-0.2, -0.15) is 0 Å². The number of hydrogen-bond donors (Lipinski definition) is 3. The van der Waals surface area contributed by atoms with Crippen LogP contribution in [0, 0.1) is 5.41 Å². The first kappa shape index (κ1) is 21.9. The summed E-state index contributed by atoms with van der Waals surface area (Å²) in [5.74, 6) is 0.613. The van der Waals surface area contributed by atoms with Crippen LogP contribution in [0.5, 0.6) is 0 Å². The molecule has 1 aliphatic carbocycles. The van der Waals surface area contributed by atoms with Crippen LogP contribution in [0.15, 0.2) is 65.8 Å². The molecule has 3 aromatic rings. The summed E-state index contributed by atoms with van der Waals surface area (Å²) < 4.78 is 0. The minimum absolute atomic E-state index is 0.613. The Labute approximate surface area is 199 Å². The predicted molar refractivity (Wildman–Crippen MR) is 138 cm³/mol. The third kappa shape index (κ3) is 5.70. The Morgan fingerprint density at radius 3 is 2.61 bits per heavy atom. The average Bonchev–Trinajstić information content (AvgIpc) is 3.22. The fourth-order valence-electron chi connectivity index (χ4n) is 4.32. The fraction of sp³-hybridized carbons (Fsp3) is 0.296. The lowest BCUT2D eigenvalue weighted by molar-refractivity contribution is 0.531. The molecule has 0 unspecified atom stereocenters. The molecule has 33 heavy (non-hydrogen) atoms. The van der Waals surface area contributed by atoms with Crippen LogP contribution in [0.25, 0.3) is 6.08 Å². The molecule has 2 heterocycles. The number of thioether (sulfide) groups is 1. The van der Waals surface area contributed by atoms with Crippen LogP contribution in [-0.2, 0) is 12.8 Å². The zero-order valence-electron chi connectivity index (χ0n) is 18.7. The first-order chi connectivity index (χ1) is 16.2. The van der Waals surface area contributed by atoms with E-state index in [1.807, 2.05) is 24.2 Å². The quantitative estimate of drug-likeness (QED) is 0.430. The second kappa shape index (κ2) is 10.3. The summed E-state index contributed by atoms with van der Waals surface area (Å²) in [4.78, 5) is 10.3. The van der Waals surface area contributed by atoms with E-state index in [1.165, 1.54) is 28.9 Å². The Morgan fingerprint density at radius 1 is 1.03 bits per heavy atom. The van der Waals surface area contributed by atoms with Crippen molar-refractivity contribution in [2.45, 2.75) is 42.2 Å². The summed E-state index contributed by atoms with van der Waals surface area (Å²) in [5, 5.41) is 15.4. The summed E-state index contributed by atoms with van der Waals surface area (Å²) in [6.45, 7) is 2.25. The Morgan fingerprint density at radius 2 is 1.82 bits per heavy atom. The van der Waals surface area contributed by atoms with E-state index in [4.69, 9.17) is 5.41 Å². The minimum atomic E-state index is 0.613. The molecule has 2 aromatic carbocycles. The van der Waals surface area contributed by atoms with Gasteiger partial charge in [-0.25, -0.2) is 9.97 Å². The number of piperidine rings is 1. The molecular formula is C27H29N5S. The summed E-state index contributed by atoms with van der Waals surface area (Å²) >= 11 is 1.98. The highest BCUT2D eigenvalue weighted by molar-refractivity contribution is 8.00. The molecule has 5 nitrogen and oxygen atoms in total. The number of nitrogens with one attached hydrogen (secondary N) is 3. The van der Waals surface area contributed by atoms with Crippen LogP contribution in [0.3, 0.4) is 0 Å². The van der Waals surface area contributed by atoms with E-state index in [0.717, 1.165) is 54.9 Å². The number of aromatic nitrogens is 2. The smallest absolute Gasteiger partial charge is 0.227 e. The third-order valence-corrected chi connectivity index (χ3v) is 7.52. The first-order valence-corrected chi connectivity index (χ1v) is 12.5. The van der Waals surface area contributed by atoms with Crippen molar-refractivity contribution >= 4 is 35.2 Å². The molecule has 2 aliphatic rings. The number of fused-ring (bicyclic) bond motifs is 1. The van der Waals surface area contributed by atoms with Gasteiger partial charge in [0.15, 0.2) is 0 Å². The largest absolute Gasteiger partial charge is 0.324 e. The molecule has 168 valence electrons. The topological polar surface area (TPSA) is 73.7 Å². The zero-order chi connectivity index (χ0) is 22.5. The molecule has 5 rings (SSSR count). The lowest BCUT2D eigenvalue weighted by atomic mass is 10.1. The van der Waals surface area contributed by atoms with Crippen molar-refractivity contribution in [2.75, 3.05) is 18.4 Å². The van der Waals surface area contributed by atoms with Gasteiger partial charge in [-0.3, -0.25) is 0 Å². The standard InChI is InChI=1S/C27H29N5S/c28-26-11-5-21-16-19(4-10-25(21)26)2-1-3-20-17-30-27(31-18-20)32-22-6-8-23(9-7-22)33-24-12-14-29-15-13-24/h1-2,4,6-10,16-18,24,28-29H,3,5,11-15H2,(H,30,31,32). The van der Waals surface area contributed by atoms with E-state index in [2.05, 4.69) is 75.2 Å². The Balaban J connectivity index is 1.13. The van der Waals surface area contributed by atoms with Gasteiger partial charge < -0.3 is 16.0 Å². The molecule has 0 spiro atoms. The molecular weight excluding hydrogens is 426 g/mol. The second-order valence-corrected chi connectivity index (χ2v) is 10.0. The summed E-state index contributed by atoms with van der Waals surface area (Å²) in [5.41, 5.74) is 6.43. The van der Waals surface area contributed by atoms with Crippen LogP contribution in [0.1, 0.15) is 41.5 Å². The molecule has 3 N–H and O–H groups in total. The number of hydrogen-bond acceptors (Lipinski definition) is 6. The van der Waals surface area contributed by atoms with Gasteiger partial charge in [0.05, 0.1) is 0 Å². The number of anilines is 2. The minimum Gasteiger partial charge on any atom is -0.324 e. The number of benzene rings is 2. The first-order valence-electron chi connectivity index (χ1n) is 11.7. The van der Waals surface area contributed by atoms with Crippen molar-refractivity contribution in [1.29, 1.82) is 5.41 Å². The number of allylic oxidation sites excluding steroid dienone is 1. The normalized spacial score (nSPS) is 16.3. The van der Waals surface area contributed by atoms with Crippen molar-refractivity contribution in [1.82, 2.24) is 15.3 Å². The zero-order valence-corrected chi connectivity index (χ0v) is 19.5. The van der Waals surface area contributed by atoms with Crippen LogP contribution >= 0.6 is 11.8 Å². The van der Waals surface area contributed by atoms with Crippen LogP contribution in [-0.4, -0.2) is 34.0 Å². The van der Waals surface area contributed by atoms with Gasteiger partial charge in [-0.1, -0.05) is 30.4 Å². The van der Waals surface area contributed by atoms with Crippen LogP contribution in [0.2, 0.25) is 0 Å². The van der Waals surface area contributed by atoms with Gasteiger partial charge in [0.25, 0.3) is 0 Å². The number of aryl methyl sites for hydroxylation is 1. The van der Waals surface area contributed by atoms with Gasteiger partial charge >= 0.3 is 0 Å². The fourth-order valence-corrected chi connectivity index (χ4v) is 5.47. The van der Waals surface area contributed by atoms with Crippen LogP contribution < -0.4 is 10.6 Å². The third-order valence-electron chi connectivity index (χ3n) is 6.17. The van der Waals surface area contributed by atoms with Gasteiger partial charge in [-0.15, -0.1) is 11.8 Å². The van der Waals surface area contributed by atoms with Gasteiger partial charge in [0.2, 0.25) is 5.95 Å². The van der Waals surface area contributed by atoms with Gasteiger partial charge in [0.1, 0.15) is 0 Å². The maximum Gasteiger partial charge on any atom is 0.227 e. The molecule has 6 heteroatoms. The summed E-state index contributed by atoms with van der Waals surface area (Å²) in [6, 6.07) is 14.9. The molecule has 1 aromatic heterocycles. The van der Waals surface area contributed by atoms with Crippen molar-refractivity contribution in [3.63, 3.8) is 0 Å². The van der Waals surface area contributed by atoms with E-state index < -0.39 is 0 Å². The predicted octanol–water partition coefficient (Wildman–Crippen LogP) is 5.63. The molecule has 1 fully saturated rings. The van der Waals surface area contributed by atoms with Crippen molar-refractivity contribution < 1.29 is 0 Å². The molecule has 0 saturated carbocycles. The van der Waals surface area contributed by atoms with E-state index in [9.17, 15) is 0 Å². The van der Waals surface area contributed by atoms with Crippen molar-refractivity contribution in [2.24, 2.45) is 0 Å². The average molecular weight is 456 g/mol. The molecule has 0 radical (unpaired) electrons. The maximum atomic E-state index is 7.96. The van der Waals surface area contributed by atoms with Gasteiger partial charge in [-0.05, 0) is 91.7 Å². The Bertz CT molecular complexity index is 1130. The van der Waals surface area contributed by atoms with E-state index >= 15 is 0 Å². The molecule has 0 amide bonds. The molecule has 1 aliphatic heterocycles. The van der Waals surface area contributed by atoms with Crippen molar-refractivity contribution in [3.05, 3.63) is 83.2 Å². The van der Waals surface area contributed by atoms with Gasteiger partial charge in [0, 0.05) is 33.9 Å². The Kier molecular flexibility index (Phi) is 6.84. The number of rotatable bonds is 7. The maximum absolute atomic E-state index is 7.96. The highest BCUT2D eigenvalue weighted by Crippen LogP contribution is 2.30. The molecule has 0 atom stereocenters. The second-order valence-electron chi connectivity index (χ2n) is 8.63. The van der Waals surface area contributed by atoms with E-state index in [1.54, 1.807) is 0 Å². The summed E-state index contributed by atoms with van der Waals surface area (Å²) in [7, 11) is 0. The lowest BCUT2D eigenvalue weighted by Gasteiger charge is -2.22. The van der Waals surface area contributed by atoms with Crippen molar-refractivity contribution in [3.8, 4) is 0 Å². The monoisotopic (exact) mass is 455 g/mol. The van der Waals surface area contributed by atoms with E-state index in [-0.39, 0.29) is 0 Å². The highest BCUT2D eigenvalue weighted by atomic mass is 32.2. The molecule has 1 saturated heterocycles. The highest BCUT2D eigenvalue weighted by Gasteiger charge is 2.16. The summed E-state index contributed by atoms with van der Waals surface area (Å²) in [6.07, 6.45) is 13.1. The lowest BCUT2D eigenvalue weighted by Crippen LogP contribution is -2.29. The number of nitrogens with zero attached hydrogens (tertiary/aromatic N) is 2.